The number of hydrogen-bond acceptors (Lipinski definition) is 0. The van der Waals surface area contributed by atoms with Crippen LogP contribution in [0.4, 0.5) is 0 Å². The summed E-state index contributed by atoms with van der Waals surface area (Å²) in [6.07, 6.45) is 1.75. The van der Waals surface area contributed by atoms with Gasteiger partial charge in [0.1, 0.15) is 0 Å². The number of rotatable bonds is 0. The van der Waals surface area contributed by atoms with Gasteiger partial charge < -0.3 is 0 Å². The Bertz CT molecular complexity index is 11.4. The molecule has 0 nitrogen and oxygen atoms in total. The van der Waals surface area contributed by atoms with E-state index in [4.69, 9.17) is 0 Å². The highest BCUT2D eigenvalue weighted by molar-refractivity contribution is 4.51. The van der Waals surface area contributed by atoms with Gasteiger partial charge >= 0.3 is 0 Å². The second kappa shape index (κ2) is 51.3. The molecule has 0 saturated carbocycles. The van der Waals surface area contributed by atoms with Crippen LogP contribution in [0.15, 0.2) is 12.7 Å². The Morgan fingerprint density at radius 2 is 1.60 bits per heavy atom. The fourth-order valence-corrected chi connectivity index (χ4v) is 0. The van der Waals surface area contributed by atoms with E-state index < -0.39 is 0 Å². The maximum atomic E-state index is 3.36. The zero-order chi connectivity index (χ0) is 4.71. The van der Waals surface area contributed by atoms with Crippen molar-refractivity contribution in [3.05, 3.63) is 12.7 Å². The van der Waals surface area contributed by atoms with E-state index >= 15 is 0 Å². The van der Waals surface area contributed by atoms with Crippen LogP contribution < -0.4 is 0 Å². The van der Waals surface area contributed by atoms with Gasteiger partial charge in [-0.15, -0.1) is 6.58 Å². The number of hydrogen-bond donors (Lipinski definition) is 0. The maximum Gasteiger partial charge on any atom is 0 e. The van der Waals surface area contributed by atoms with E-state index in [0.717, 1.165) is 0 Å². The van der Waals surface area contributed by atoms with Crippen LogP contribution in [0.5, 0.6) is 0 Å². The lowest BCUT2D eigenvalue weighted by Gasteiger charge is -1.31. The molecule has 0 rings (SSSR count). The third-order valence-corrected chi connectivity index (χ3v) is 0. The summed E-state index contributed by atoms with van der Waals surface area (Å²) in [4.78, 5) is 0. The van der Waals surface area contributed by atoms with Gasteiger partial charge in [-0.1, -0.05) is 19.9 Å². The van der Waals surface area contributed by atoms with Gasteiger partial charge in [-0.2, -0.15) is 0 Å². The lowest BCUT2D eigenvalue weighted by atomic mass is 10.8. The Kier molecular flexibility index (Phi) is 90.6. The summed E-state index contributed by atoms with van der Waals surface area (Å²) >= 11 is 0. The molecule has 0 aromatic heterocycles. The van der Waals surface area contributed by atoms with Crippen molar-refractivity contribution in [3.8, 4) is 0 Å². The zero-order valence-corrected chi connectivity index (χ0v) is 4.28. The third-order valence-electron chi connectivity index (χ3n) is 0. The van der Waals surface area contributed by atoms with Crippen molar-refractivity contribution in [1.29, 1.82) is 0 Å². The molecule has 0 heterocycles. The highest BCUT2D eigenvalue weighted by atomic mass is 13.2. The minimum absolute atomic E-state index is 0. The number of allylic oxidation sites excluding steroid dienone is 1. The smallest absolute Gasteiger partial charge is 0 e. The van der Waals surface area contributed by atoms with Crippen LogP contribution in [-0.2, 0) is 0 Å². The molecule has 0 amide bonds. The lowest BCUT2D eigenvalue weighted by molar-refractivity contribution is 1.50. The van der Waals surface area contributed by atoms with E-state index in [2.05, 4.69) is 6.58 Å². The normalized spacial score (nSPS) is 3.80. The minimum atomic E-state index is 0. The quantitative estimate of drug-likeness (QED) is 0.387. The summed E-state index contributed by atoms with van der Waals surface area (Å²) < 4.78 is 0. The molecule has 0 saturated heterocycles. The Morgan fingerprint density at radius 3 is 1.60 bits per heavy atom. The first kappa shape index (κ1) is 8.83. The average molecular weight is 74.2 g/mol. The van der Waals surface area contributed by atoms with E-state index in [-0.39, 0.29) is 1.43 Å². The Labute approximate surface area is 36.0 Å². The van der Waals surface area contributed by atoms with Crippen molar-refractivity contribution >= 4 is 0 Å². The molecule has 0 bridgehead atoms. The van der Waals surface area contributed by atoms with Crippen molar-refractivity contribution in [2.75, 3.05) is 0 Å². The highest BCUT2D eigenvalue weighted by Gasteiger charge is 1.15. The van der Waals surface area contributed by atoms with Crippen LogP contribution in [0, 0.1) is 0 Å². The van der Waals surface area contributed by atoms with E-state index in [0.29, 0.717) is 0 Å². The molecule has 0 aliphatic carbocycles. The molecule has 0 N–H and O–H groups in total. The van der Waals surface area contributed by atoms with E-state index in [9.17, 15) is 0 Å². The van der Waals surface area contributed by atoms with Crippen molar-refractivity contribution in [1.82, 2.24) is 0 Å². The van der Waals surface area contributed by atoms with Gasteiger partial charge in [0.15, 0.2) is 0 Å². The topological polar surface area (TPSA) is 0 Å². The largest absolute Gasteiger partial charge is 0.103 e. The van der Waals surface area contributed by atoms with Gasteiger partial charge in [-0.05, 0) is 6.92 Å². The molecule has 0 aliphatic rings. The maximum absolute atomic E-state index is 3.36. The molecule has 0 aromatic carbocycles. The average Bonchev–Trinajstić information content (AvgIpc) is 1.46. The van der Waals surface area contributed by atoms with Crippen LogP contribution >= 0.6 is 0 Å². The molecule has 0 aliphatic heterocycles. The third kappa shape index (κ3) is 168. The van der Waals surface area contributed by atoms with Crippen LogP contribution in [0.3, 0.4) is 0 Å². The molecule has 0 atom stereocenters. The molecule has 0 radical (unpaired) electrons. The summed E-state index contributed by atoms with van der Waals surface area (Å²) in [6, 6.07) is 0. The first-order valence-corrected chi connectivity index (χ1v) is 1.99. The van der Waals surface area contributed by atoms with Crippen LogP contribution in [0.1, 0.15) is 22.2 Å². The summed E-state index contributed by atoms with van der Waals surface area (Å²) in [5.74, 6) is 0. The molecule has 0 unspecified atom stereocenters. The van der Waals surface area contributed by atoms with Crippen LogP contribution in [-0.4, -0.2) is 0 Å². The standard InChI is InChI=1S/C3H6.C2H6.H2/c1-3-2;1-2;/h3H,1H2,2H3;1-2H3;1H. The summed E-state index contributed by atoms with van der Waals surface area (Å²) in [5, 5.41) is 0. The van der Waals surface area contributed by atoms with Gasteiger partial charge in [0.2, 0.25) is 0 Å². The zero-order valence-electron chi connectivity index (χ0n) is 4.28. The van der Waals surface area contributed by atoms with E-state index in [1.54, 1.807) is 6.08 Å². The summed E-state index contributed by atoms with van der Waals surface area (Å²) in [6.45, 7) is 9.25. The minimum Gasteiger partial charge on any atom is -0.103 e. The second-order valence-electron chi connectivity index (χ2n) is 0.408. The van der Waals surface area contributed by atoms with Gasteiger partial charge in [0.05, 0.1) is 0 Å². The summed E-state index contributed by atoms with van der Waals surface area (Å²) in [5.41, 5.74) is 0. The molecular weight excluding hydrogens is 60.1 g/mol. The van der Waals surface area contributed by atoms with Crippen molar-refractivity contribution in [2.45, 2.75) is 20.8 Å². The fraction of sp³-hybridized carbons (Fsp3) is 0.600. The van der Waals surface area contributed by atoms with Crippen molar-refractivity contribution < 1.29 is 1.43 Å². The lowest BCUT2D eigenvalue weighted by Crippen LogP contribution is -1.07. The van der Waals surface area contributed by atoms with Crippen molar-refractivity contribution in [3.63, 3.8) is 0 Å². The molecule has 34 valence electrons. The molecule has 0 heteroatoms. The van der Waals surface area contributed by atoms with Gasteiger partial charge in [0, 0.05) is 1.43 Å². The highest BCUT2D eigenvalue weighted by Crippen LogP contribution is 1.38. The van der Waals surface area contributed by atoms with Crippen molar-refractivity contribution in [2.24, 2.45) is 0 Å². The van der Waals surface area contributed by atoms with Crippen LogP contribution in [0.25, 0.3) is 0 Å². The molecule has 0 aromatic rings. The monoisotopic (exact) mass is 74.1 g/mol. The first-order valence-electron chi connectivity index (χ1n) is 1.99. The second-order valence-corrected chi connectivity index (χ2v) is 0.408. The predicted molar refractivity (Wildman–Crippen MR) is 29.3 cm³/mol. The summed E-state index contributed by atoms with van der Waals surface area (Å²) in [7, 11) is 0. The molecular formula is C5H14. The molecule has 0 fully saturated rings. The Hall–Kier alpha value is -0.260. The van der Waals surface area contributed by atoms with Gasteiger partial charge in [-0.25, -0.2) is 0 Å². The van der Waals surface area contributed by atoms with E-state index in [1.807, 2.05) is 20.8 Å². The SMILES string of the molecule is C=CC.CC.[HH]. The molecule has 5 heavy (non-hydrogen) atoms. The van der Waals surface area contributed by atoms with Gasteiger partial charge in [0.25, 0.3) is 0 Å². The molecule has 0 spiro atoms. The Morgan fingerprint density at radius 1 is 1.60 bits per heavy atom. The van der Waals surface area contributed by atoms with Gasteiger partial charge in [-0.3, -0.25) is 0 Å². The first-order chi connectivity index (χ1) is 2.41. The fourth-order valence-electron chi connectivity index (χ4n) is 0. The van der Waals surface area contributed by atoms with E-state index in [1.165, 1.54) is 0 Å². The Balaban J connectivity index is -0.0000000275. The van der Waals surface area contributed by atoms with Crippen LogP contribution in [0.2, 0.25) is 0 Å². The predicted octanol–water partition coefficient (Wildman–Crippen LogP) is 2.46.